The van der Waals surface area contributed by atoms with E-state index in [4.69, 9.17) is 5.73 Å². The molecule has 0 amide bonds. The molecule has 0 spiro atoms. The minimum Gasteiger partial charge on any atom is -0.363 e. The summed E-state index contributed by atoms with van der Waals surface area (Å²) in [6.45, 7) is 2.33. The third-order valence-corrected chi connectivity index (χ3v) is 1.54. The molecule has 12 heavy (non-hydrogen) atoms. The standard InChI is InChI=1S/C8H14N4/c1-6-10-7(5-9)4-8(11-6)12(2)3/h4H,5,9H2,1-3H3. The Bertz CT molecular complexity index is 270. The highest BCUT2D eigenvalue weighted by atomic mass is 15.1. The van der Waals surface area contributed by atoms with Gasteiger partial charge < -0.3 is 10.6 Å². The van der Waals surface area contributed by atoms with Gasteiger partial charge in [0.2, 0.25) is 0 Å². The molecule has 2 N–H and O–H groups in total. The Morgan fingerprint density at radius 3 is 2.58 bits per heavy atom. The van der Waals surface area contributed by atoms with E-state index in [1.165, 1.54) is 0 Å². The van der Waals surface area contributed by atoms with Crippen molar-refractivity contribution >= 4 is 5.82 Å². The first-order chi connectivity index (χ1) is 5.63. The fraction of sp³-hybridized carbons (Fsp3) is 0.500. The summed E-state index contributed by atoms with van der Waals surface area (Å²) >= 11 is 0. The fourth-order valence-corrected chi connectivity index (χ4v) is 0.946. The minimum atomic E-state index is 0.463. The Kier molecular flexibility index (Phi) is 2.60. The van der Waals surface area contributed by atoms with Gasteiger partial charge in [0.15, 0.2) is 0 Å². The van der Waals surface area contributed by atoms with E-state index in [-0.39, 0.29) is 0 Å². The van der Waals surface area contributed by atoms with Crippen molar-refractivity contribution in [3.05, 3.63) is 17.6 Å². The third kappa shape index (κ3) is 1.92. The normalized spacial score (nSPS) is 10.0. The van der Waals surface area contributed by atoms with E-state index < -0.39 is 0 Å². The summed E-state index contributed by atoms with van der Waals surface area (Å²) in [6.07, 6.45) is 0. The molecule has 0 aliphatic rings. The molecule has 0 aromatic carbocycles. The number of hydrogen-bond donors (Lipinski definition) is 1. The van der Waals surface area contributed by atoms with Crippen LogP contribution in [0.5, 0.6) is 0 Å². The Labute approximate surface area is 72.4 Å². The fourth-order valence-electron chi connectivity index (χ4n) is 0.946. The maximum Gasteiger partial charge on any atom is 0.132 e. The summed E-state index contributed by atoms with van der Waals surface area (Å²) in [6, 6.07) is 1.90. The lowest BCUT2D eigenvalue weighted by molar-refractivity contribution is 0.907. The largest absolute Gasteiger partial charge is 0.363 e. The Morgan fingerprint density at radius 1 is 1.42 bits per heavy atom. The zero-order chi connectivity index (χ0) is 9.14. The number of nitrogens with zero attached hydrogens (tertiary/aromatic N) is 3. The van der Waals surface area contributed by atoms with Gasteiger partial charge in [-0.3, -0.25) is 0 Å². The molecule has 1 rings (SSSR count). The first-order valence-electron chi connectivity index (χ1n) is 3.85. The van der Waals surface area contributed by atoms with Crippen molar-refractivity contribution in [1.82, 2.24) is 9.97 Å². The second kappa shape index (κ2) is 3.49. The maximum absolute atomic E-state index is 5.48. The molecule has 1 aromatic heterocycles. The van der Waals surface area contributed by atoms with Crippen LogP contribution in [0.3, 0.4) is 0 Å². The van der Waals surface area contributed by atoms with Crippen LogP contribution in [0.1, 0.15) is 11.5 Å². The quantitative estimate of drug-likeness (QED) is 0.687. The van der Waals surface area contributed by atoms with E-state index in [1.807, 2.05) is 32.0 Å². The van der Waals surface area contributed by atoms with Crippen LogP contribution in [0.2, 0.25) is 0 Å². The van der Waals surface area contributed by atoms with E-state index in [1.54, 1.807) is 0 Å². The zero-order valence-electron chi connectivity index (χ0n) is 7.70. The predicted molar refractivity (Wildman–Crippen MR) is 49.0 cm³/mol. The molecule has 0 radical (unpaired) electrons. The summed E-state index contributed by atoms with van der Waals surface area (Å²) in [5.74, 6) is 1.67. The lowest BCUT2D eigenvalue weighted by atomic mass is 10.3. The number of nitrogens with two attached hydrogens (primary N) is 1. The highest BCUT2D eigenvalue weighted by molar-refractivity contribution is 5.37. The molecular formula is C8H14N4. The smallest absolute Gasteiger partial charge is 0.132 e. The SMILES string of the molecule is Cc1nc(CN)cc(N(C)C)n1. The van der Waals surface area contributed by atoms with Crippen molar-refractivity contribution in [3.63, 3.8) is 0 Å². The highest BCUT2D eigenvalue weighted by Crippen LogP contribution is 2.08. The van der Waals surface area contributed by atoms with Gasteiger partial charge >= 0.3 is 0 Å². The van der Waals surface area contributed by atoms with Crippen LogP contribution in [-0.4, -0.2) is 24.1 Å². The van der Waals surface area contributed by atoms with Crippen molar-refractivity contribution in [2.45, 2.75) is 13.5 Å². The third-order valence-electron chi connectivity index (χ3n) is 1.54. The second-order valence-corrected chi connectivity index (χ2v) is 2.86. The average molecular weight is 166 g/mol. The lowest BCUT2D eigenvalue weighted by Gasteiger charge is -2.12. The van der Waals surface area contributed by atoms with Crippen LogP contribution in [0.25, 0.3) is 0 Å². The van der Waals surface area contributed by atoms with Crippen LogP contribution < -0.4 is 10.6 Å². The minimum absolute atomic E-state index is 0.463. The van der Waals surface area contributed by atoms with Crippen LogP contribution in [0, 0.1) is 6.92 Å². The number of rotatable bonds is 2. The van der Waals surface area contributed by atoms with Gasteiger partial charge in [-0.15, -0.1) is 0 Å². The molecule has 0 saturated heterocycles. The molecule has 66 valence electrons. The van der Waals surface area contributed by atoms with Crippen molar-refractivity contribution in [3.8, 4) is 0 Å². The molecule has 4 nitrogen and oxygen atoms in total. The van der Waals surface area contributed by atoms with E-state index >= 15 is 0 Å². The van der Waals surface area contributed by atoms with Gasteiger partial charge in [-0.25, -0.2) is 9.97 Å². The van der Waals surface area contributed by atoms with Crippen molar-refractivity contribution in [2.24, 2.45) is 5.73 Å². The maximum atomic E-state index is 5.48. The number of aryl methyl sites for hydroxylation is 1. The molecule has 0 fully saturated rings. The Morgan fingerprint density at radius 2 is 2.08 bits per heavy atom. The molecular weight excluding hydrogens is 152 g/mol. The Balaban J connectivity index is 3.06. The van der Waals surface area contributed by atoms with Crippen molar-refractivity contribution < 1.29 is 0 Å². The monoisotopic (exact) mass is 166 g/mol. The van der Waals surface area contributed by atoms with Crippen molar-refractivity contribution in [2.75, 3.05) is 19.0 Å². The molecule has 0 bridgehead atoms. The van der Waals surface area contributed by atoms with E-state index in [0.717, 1.165) is 17.3 Å². The molecule has 0 aliphatic heterocycles. The number of aromatic nitrogens is 2. The molecule has 0 unspecified atom stereocenters. The summed E-state index contributed by atoms with van der Waals surface area (Å²) in [4.78, 5) is 10.4. The molecule has 1 heterocycles. The van der Waals surface area contributed by atoms with Gasteiger partial charge in [-0.05, 0) is 6.92 Å². The molecule has 1 aromatic rings. The van der Waals surface area contributed by atoms with Crippen LogP contribution in [0.4, 0.5) is 5.82 Å². The van der Waals surface area contributed by atoms with Crippen LogP contribution in [-0.2, 0) is 6.54 Å². The van der Waals surface area contributed by atoms with E-state index in [9.17, 15) is 0 Å². The average Bonchev–Trinajstić information content (AvgIpc) is 2.03. The summed E-state index contributed by atoms with van der Waals surface area (Å²) in [5.41, 5.74) is 6.36. The van der Waals surface area contributed by atoms with Gasteiger partial charge in [0, 0.05) is 26.7 Å². The van der Waals surface area contributed by atoms with Gasteiger partial charge in [-0.1, -0.05) is 0 Å². The summed E-state index contributed by atoms with van der Waals surface area (Å²) < 4.78 is 0. The van der Waals surface area contributed by atoms with Gasteiger partial charge in [0.1, 0.15) is 11.6 Å². The van der Waals surface area contributed by atoms with Crippen molar-refractivity contribution in [1.29, 1.82) is 0 Å². The van der Waals surface area contributed by atoms with E-state index in [2.05, 4.69) is 9.97 Å². The topological polar surface area (TPSA) is 55.0 Å². The predicted octanol–water partition coefficient (Wildman–Crippen LogP) is 0.310. The Hall–Kier alpha value is -1.16. The van der Waals surface area contributed by atoms with Crippen LogP contribution in [0.15, 0.2) is 6.07 Å². The first-order valence-corrected chi connectivity index (χ1v) is 3.85. The van der Waals surface area contributed by atoms with E-state index in [0.29, 0.717) is 6.54 Å². The highest BCUT2D eigenvalue weighted by Gasteiger charge is 2.01. The second-order valence-electron chi connectivity index (χ2n) is 2.86. The number of hydrogen-bond acceptors (Lipinski definition) is 4. The summed E-state index contributed by atoms with van der Waals surface area (Å²) in [5, 5.41) is 0. The number of anilines is 1. The zero-order valence-corrected chi connectivity index (χ0v) is 7.70. The lowest BCUT2D eigenvalue weighted by Crippen LogP contribution is -2.13. The first kappa shape index (κ1) is 8.93. The van der Waals surface area contributed by atoms with Gasteiger partial charge in [0.25, 0.3) is 0 Å². The molecule has 0 aliphatic carbocycles. The summed E-state index contributed by atoms with van der Waals surface area (Å²) in [7, 11) is 3.89. The molecule has 0 atom stereocenters. The van der Waals surface area contributed by atoms with Gasteiger partial charge in [0.05, 0.1) is 5.69 Å². The van der Waals surface area contributed by atoms with Crippen LogP contribution >= 0.6 is 0 Å². The molecule has 4 heteroatoms. The molecule has 0 saturated carbocycles. The van der Waals surface area contributed by atoms with Gasteiger partial charge in [-0.2, -0.15) is 0 Å².